The third-order valence-electron chi connectivity index (χ3n) is 11.7. The maximum absolute atomic E-state index is 4.13. The van der Waals surface area contributed by atoms with Crippen molar-refractivity contribution in [2.24, 2.45) is 0 Å². The minimum Gasteiger partial charge on any atom is -0.346 e. The van der Waals surface area contributed by atoms with Crippen LogP contribution in [0.4, 0.5) is 28.4 Å². The molecule has 4 heterocycles. The molecule has 0 aliphatic carbocycles. The van der Waals surface area contributed by atoms with E-state index in [1.54, 1.807) is 0 Å². The third kappa shape index (κ3) is 3.70. The summed E-state index contributed by atoms with van der Waals surface area (Å²) in [5, 5.41) is 9.60. The number of para-hydroxylation sites is 1. The highest BCUT2D eigenvalue weighted by molar-refractivity contribution is 7.01. The fourth-order valence-corrected chi connectivity index (χ4v) is 9.52. The molecule has 6 aromatic carbocycles. The smallest absolute Gasteiger partial charge is 0.248 e. The molecule has 1 N–H and O–H groups in total. The Labute approximate surface area is 291 Å². The molecular formula is C45H44BN3. The van der Waals surface area contributed by atoms with E-state index in [1.807, 2.05) is 0 Å². The highest BCUT2D eigenvalue weighted by atomic mass is 15.5. The van der Waals surface area contributed by atoms with Crippen molar-refractivity contribution in [1.29, 1.82) is 0 Å². The van der Waals surface area contributed by atoms with Crippen molar-refractivity contribution in [3.05, 3.63) is 108 Å². The lowest BCUT2D eigenvalue weighted by molar-refractivity contribution is 0.569. The zero-order valence-corrected chi connectivity index (χ0v) is 30.2. The number of nitrogens with one attached hydrogen (secondary N) is 1. The lowest BCUT2D eigenvalue weighted by Gasteiger charge is -2.49. The monoisotopic (exact) mass is 637 g/mol. The van der Waals surface area contributed by atoms with Gasteiger partial charge in [-0.2, -0.15) is 0 Å². The fraction of sp³-hybridized carbons (Fsp3) is 0.289. The summed E-state index contributed by atoms with van der Waals surface area (Å²) in [6.07, 6.45) is -0.0847. The van der Waals surface area contributed by atoms with E-state index in [0.717, 1.165) is 0 Å². The molecule has 0 aromatic heterocycles. The van der Waals surface area contributed by atoms with E-state index in [1.165, 1.54) is 94.2 Å². The van der Waals surface area contributed by atoms with E-state index in [9.17, 15) is 0 Å². The normalized spacial score (nSPS) is 16.9. The van der Waals surface area contributed by atoms with Gasteiger partial charge >= 0.3 is 0 Å². The average molecular weight is 638 g/mol. The molecule has 1 unspecified atom stereocenters. The lowest BCUT2D eigenvalue weighted by atomic mass is 9.32. The first-order chi connectivity index (χ1) is 23.2. The molecule has 0 amide bonds. The number of nitrogens with zero attached hydrogens (tertiary/aromatic N) is 2. The maximum atomic E-state index is 4.13. The van der Waals surface area contributed by atoms with Crippen LogP contribution in [0, 0.1) is 0 Å². The van der Waals surface area contributed by atoms with Gasteiger partial charge in [-0.3, -0.25) is 4.90 Å². The number of hydrogen-bond donors (Lipinski definition) is 1. The number of rotatable bonds is 0. The summed E-state index contributed by atoms with van der Waals surface area (Å²) in [4.78, 5) is 5.27. The Balaban J connectivity index is 1.34. The number of anilines is 5. The summed E-state index contributed by atoms with van der Waals surface area (Å²) in [5.41, 5.74) is 17.7. The molecule has 6 aromatic rings. The van der Waals surface area contributed by atoms with E-state index in [4.69, 9.17) is 0 Å². The first-order valence-corrected chi connectivity index (χ1v) is 18.0. The molecule has 0 radical (unpaired) electrons. The fourth-order valence-electron chi connectivity index (χ4n) is 9.52. The van der Waals surface area contributed by atoms with Crippen LogP contribution in [0.15, 0.2) is 91.0 Å². The molecule has 10 rings (SSSR count). The molecule has 0 saturated carbocycles. The second-order valence-corrected chi connectivity index (χ2v) is 17.9. The van der Waals surface area contributed by atoms with Gasteiger partial charge in [0.05, 0.1) is 22.7 Å². The van der Waals surface area contributed by atoms with Crippen LogP contribution in [-0.4, -0.2) is 13.0 Å². The van der Waals surface area contributed by atoms with Gasteiger partial charge in [0, 0.05) is 11.1 Å². The zero-order chi connectivity index (χ0) is 33.9. The van der Waals surface area contributed by atoms with Crippen molar-refractivity contribution >= 4 is 73.1 Å². The number of benzene rings is 6. The topological polar surface area (TPSA) is 18.5 Å². The molecule has 3 nitrogen and oxygen atoms in total. The molecule has 4 heteroatoms. The molecule has 0 fully saturated rings. The minimum atomic E-state index is -0.0847. The number of hydrogen-bond acceptors (Lipinski definition) is 3. The van der Waals surface area contributed by atoms with Crippen molar-refractivity contribution < 1.29 is 0 Å². The van der Waals surface area contributed by atoms with Gasteiger partial charge in [0.1, 0.15) is 0 Å². The van der Waals surface area contributed by atoms with E-state index < -0.39 is 0 Å². The van der Waals surface area contributed by atoms with Crippen LogP contribution in [0.3, 0.4) is 0 Å². The van der Waals surface area contributed by atoms with Gasteiger partial charge in [-0.1, -0.05) is 135 Å². The molecule has 4 aliphatic heterocycles. The standard InChI is InChI=1S/C45H44BN3/c1-43(2,3)26-23-31(45(7,8)9)40-34(24-26)47-42-48-35-18-11-10-17-32(35)46-33-21-20-30(44(4,5)6)28-16-13-15-27(38(28)33)29-22-25-14-12-19-36(49(40)42)37(25)41(48)39(29)46/h10-24,42,47H,1-9H3. The van der Waals surface area contributed by atoms with Crippen LogP contribution < -0.4 is 31.5 Å². The Morgan fingerprint density at radius 3 is 2.04 bits per heavy atom. The molecule has 0 bridgehead atoms. The molecular weight excluding hydrogens is 593 g/mol. The molecule has 242 valence electrons. The summed E-state index contributed by atoms with van der Waals surface area (Å²) in [6, 6.07) is 35.5. The third-order valence-corrected chi connectivity index (χ3v) is 11.7. The maximum Gasteiger partial charge on any atom is 0.248 e. The van der Waals surface area contributed by atoms with Gasteiger partial charge in [0.25, 0.3) is 0 Å². The lowest BCUT2D eigenvalue weighted by Crippen LogP contribution is -2.64. The van der Waals surface area contributed by atoms with Crippen LogP contribution in [0.1, 0.15) is 79.0 Å². The first-order valence-electron chi connectivity index (χ1n) is 18.0. The predicted molar refractivity (Wildman–Crippen MR) is 212 cm³/mol. The van der Waals surface area contributed by atoms with Gasteiger partial charge in [0.2, 0.25) is 6.71 Å². The molecule has 0 saturated heterocycles. The largest absolute Gasteiger partial charge is 0.346 e. The highest BCUT2D eigenvalue weighted by Crippen LogP contribution is 2.57. The van der Waals surface area contributed by atoms with E-state index in [2.05, 4.69) is 168 Å². The van der Waals surface area contributed by atoms with Crippen LogP contribution in [0.5, 0.6) is 0 Å². The van der Waals surface area contributed by atoms with Crippen molar-refractivity contribution in [1.82, 2.24) is 0 Å². The number of fused-ring (bicyclic) bond motifs is 10. The summed E-state index contributed by atoms with van der Waals surface area (Å²) in [7, 11) is 0. The Morgan fingerprint density at radius 2 is 1.29 bits per heavy atom. The van der Waals surface area contributed by atoms with Crippen LogP contribution in [0.2, 0.25) is 0 Å². The molecule has 0 spiro atoms. The second-order valence-electron chi connectivity index (χ2n) is 17.9. The van der Waals surface area contributed by atoms with E-state index in [0.29, 0.717) is 0 Å². The van der Waals surface area contributed by atoms with Crippen molar-refractivity contribution in [2.45, 2.75) is 84.8 Å². The van der Waals surface area contributed by atoms with Crippen molar-refractivity contribution in [2.75, 3.05) is 15.1 Å². The minimum absolute atomic E-state index is 0.0358. The second kappa shape index (κ2) is 9.10. The van der Waals surface area contributed by atoms with Crippen LogP contribution in [-0.2, 0) is 16.2 Å². The van der Waals surface area contributed by atoms with E-state index >= 15 is 0 Å². The average Bonchev–Trinajstić information content (AvgIpc) is 3.44. The molecule has 4 aliphatic rings. The quantitative estimate of drug-likeness (QED) is 0.167. The van der Waals surface area contributed by atoms with Gasteiger partial charge in [-0.25, -0.2) is 0 Å². The Hall–Kier alpha value is -4.70. The Kier molecular flexibility index (Phi) is 5.43. The van der Waals surface area contributed by atoms with Crippen LogP contribution >= 0.6 is 0 Å². The van der Waals surface area contributed by atoms with Crippen molar-refractivity contribution in [3.63, 3.8) is 0 Å². The Morgan fingerprint density at radius 1 is 0.571 bits per heavy atom. The van der Waals surface area contributed by atoms with Gasteiger partial charge in [-0.05, 0) is 95.4 Å². The molecule has 1 atom stereocenters. The summed E-state index contributed by atoms with van der Waals surface area (Å²) >= 11 is 0. The molecule has 49 heavy (non-hydrogen) atoms. The van der Waals surface area contributed by atoms with Crippen molar-refractivity contribution in [3.8, 4) is 11.1 Å². The summed E-state index contributed by atoms with van der Waals surface area (Å²) in [5.74, 6) is 0. The summed E-state index contributed by atoms with van der Waals surface area (Å²) in [6.45, 7) is 21.3. The van der Waals surface area contributed by atoms with Gasteiger partial charge < -0.3 is 10.2 Å². The first kappa shape index (κ1) is 29.2. The van der Waals surface area contributed by atoms with Gasteiger partial charge in [0.15, 0.2) is 6.29 Å². The zero-order valence-electron chi connectivity index (χ0n) is 30.2. The summed E-state index contributed by atoms with van der Waals surface area (Å²) < 4.78 is 0. The Bertz CT molecular complexity index is 2450. The predicted octanol–water partition coefficient (Wildman–Crippen LogP) is 9.69. The highest BCUT2D eigenvalue weighted by Gasteiger charge is 2.50. The van der Waals surface area contributed by atoms with Crippen LogP contribution in [0.25, 0.3) is 32.7 Å². The van der Waals surface area contributed by atoms with E-state index in [-0.39, 0.29) is 29.2 Å². The van der Waals surface area contributed by atoms with Gasteiger partial charge in [-0.15, -0.1) is 0 Å². The SMILES string of the molecule is CC(C)(C)c1cc2c(c(C(C)(C)C)c1)N1c3cccc4cc5c6c(c34)N(c3ccccc3B6c3ccc(C(C)(C)C)c4cccc-5c34)C1N2.